The van der Waals surface area contributed by atoms with Crippen LogP contribution in [0, 0.1) is 5.41 Å². The van der Waals surface area contributed by atoms with Gasteiger partial charge in [-0.15, -0.1) is 0 Å². The molecule has 0 radical (unpaired) electrons. The lowest BCUT2D eigenvalue weighted by Gasteiger charge is -2.24. The Labute approximate surface area is 109 Å². The minimum Gasteiger partial charge on any atom is -0.481 e. The average molecular weight is 256 g/mol. The molecule has 1 aliphatic heterocycles. The third-order valence-electron chi connectivity index (χ3n) is 3.87. The molecule has 5 heteroatoms. The van der Waals surface area contributed by atoms with Gasteiger partial charge in [-0.1, -0.05) is 13.8 Å². The van der Waals surface area contributed by atoms with Crippen molar-refractivity contribution in [1.82, 2.24) is 10.2 Å². The molecule has 1 amide bonds. The van der Waals surface area contributed by atoms with E-state index in [4.69, 9.17) is 0 Å². The number of carbonyl (C=O) groups is 2. The van der Waals surface area contributed by atoms with Gasteiger partial charge in [0, 0.05) is 25.6 Å². The van der Waals surface area contributed by atoms with Crippen LogP contribution in [0.15, 0.2) is 0 Å². The van der Waals surface area contributed by atoms with Gasteiger partial charge in [0.2, 0.25) is 5.91 Å². The maximum atomic E-state index is 12.0. The zero-order valence-corrected chi connectivity index (χ0v) is 11.5. The Morgan fingerprint density at radius 3 is 2.56 bits per heavy atom. The number of nitrogens with one attached hydrogen (secondary N) is 1. The maximum Gasteiger partial charge on any atom is 0.311 e. The van der Waals surface area contributed by atoms with Gasteiger partial charge in [0.25, 0.3) is 0 Å². The first-order valence-corrected chi connectivity index (χ1v) is 6.69. The van der Waals surface area contributed by atoms with Gasteiger partial charge in [-0.2, -0.15) is 0 Å². The molecule has 1 saturated heterocycles. The van der Waals surface area contributed by atoms with Crippen molar-refractivity contribution in [2.24, 2.45) is 5.41 Å². The number of nitrogens with zero attached hydrogens (tertiary/aromatic N) is 1. The molecule has 0 bridgehead atoms. The second-order valence-corrected chi connectivity index (χ2v) is 5.17. The van der Waals surface area contributed by atoms with Crippen LogP contribution in [0.5, 0.6) is 0 Å². The molecule has 104 valence electrons. The van der Waals surface area contributed by atoms with Crippen LogP contribution >= 0.6 is 0 Å². The van der Waals surface area contributed by atoms with Gasteiger partial charge in [0.05, 0.1) is 5.41 Å². The molecule has 1 fully saturated rings. The summed E-state index contributed by atoms with van der Waals surface area (Å²) in [7, 11) is 0. The SMILES string of the molecule is CCNC(C)CC(=O)N1CCC(CC)(C(=O)O)C1. The largest absolute Gasteiger partial charge is 0.481 e. The quantitative estimate of drug-likeness (QED) is 0.746. The van der Waals surface area contributed by atoms with Gasteiger partial charge in [-0.05, 0) is 26.3 Å². The predicted octanol–water partition coefficient (Wildman–Crippen LogP) is 1.09. The third kappa shape index (κ3) is 3.22. The van der Waals surface area contributed by atoms with E-state index < -0.39 is 11.4 Å². The molecule has 2 atom stereocenters. The highest BCUT2D eigenvalue weighted by atomic mass is 16.4. The zero-order chi connectivity index (χ0) is 13.8. The summed E-state index contributed by atoms with van der Waals surface area (Å²) in [6.45, 7) is 7.62. The zero-order valence-electron chi connectivity index (χ0n) is 11.5. The molecule has 0 aromatic rings. The molecule has 2 unspecified atom stereocenters. The van der Waals surface area contributed by atoms with E-state index in [1.54, 1.807) is 4.90 Å². The number of hydrogen-bond donors (Lipinski definition) is 2. The van der Waals surface area contributed by atoms with Crippen LogP contribution < -0.4 is 5.32 Å². The van der Waals surface area contributed by atoms with Crippen LogP contribution in [0.4, 0.5) is 0 Å². The standard InChI is InChI=1S/C13H24N2O3/c1-4-13(12(17)18)6-7-15(9-13)11(16)8-10(3)14-5-2/h10,14H,4-9H2,1-3H3,(H,17,18). The smallest absolute Gasteiger partial charge is 0.311 e. The highest BCUT2D eigenvalue weighted by Gasteiger charge is 2.44. The van der Waals surface area contributed by atoms with Crippen LogP contribution in [-0.4, -0.2) is 47.6 Å². The summed E-state index contributed by atoms with van der Waals surface area (Å²) in [6, 6.07) is 0.143. The fourth-order valence-corrected chi connectivity index (χ4v) is 2.51. The summed E-state index contributed by atoms with van der Waals surface area (Å²) < 4.78 is 0. The fraction of sp³-hybridized carbons (Fsp3) is 0.846. The molecule has 1 aliphatic rings. The minimum atomic E-state index is -0.778. The Balaban J connectivity index is 2.55. The second kappa shape index (κ2) is 6.18. The van der Waals surface area contributed by atoms with Gasteiger partial charge < -0.3 is 15.3 Å². The summed E-state index contributed by atoms with van der Waals surface area (Å²) in [5.41, 5.74) is -0.725. The first kappa shape index (κ1) is 15.0. The fourth-order valence-electron chi connectivity index (χ4n) is 2.51. The molecule has 5 nitrogen and oxygen atoms in total. The molecule has 0 spiro atoms. The summed E-state index contributed by atoms with van der Waals surface area (Å²) >= 11 is 0. The van der Waals surface area contributed by atoms with Crippen molar-refractivity contribution in [3.8, 4) is 0 Å². The van der Waals surface area contributed by atoms with Crippen LogP contribution in [0.25, 0.3) is 0 Å². The van der Waals surface area contributed by atoms with Gasteiger partial charge in [0.15, 0.2) is 0 Å². The number of likely N-dealkylation sites (tertiary alicyclic amines) is 1. The van der Waals surface area contributed by atoms with Crippen molar-refractivity contribution in [1.29, 1.82) is 0 Å². The molecule has 1 heterocycles. The molecule has 2 N–H and O–H groups in total. The number of hydrogen-bond acceptors (Lipinski definition) is 3. The van der Waals surface area contributed by atoms with Crippen LogP contribution in [0.3, 0.4) is 0 Å². The monoisotopic (exact) mass is 256 g/mol. The average Bonchev–Trinajstić information content (AvgIpc) is 2.74. The normalized spacial score (nSPS) is 25.2. The van der Waals surface area contributed by atoms with E-state index in [9.17, 15) is 14.7 Å². The van der Waals surface area contributed by atoms with Crippen LogP contribution in [-0.2, 0) is 9.59 Å². The molecule has 1 rings (SSSR count). The van der Waals surface area contributed by atoms with Crippen LogP contribution in [0.1, 0.15) is 40.0 Å². The first-order valence-electron chi connectivity index (χ1n) is 6.69. The number of carboxylic acids is 1. The van der Waals surface area contributed by atoms with E-state index >= 15 is 0 Å². The lowest BCUT2D eigenvalue weighted by Crippen LogP contribution is -2.39. The van der Waals surface area contributed by atoms with Crippen molar-refractivity contribution in [2.45, 2.75) is 46.1 Å². The van der Waals surface area contributed by atoms with E-state index in [0.29, 0.717) is 32.4 Å². The van der Waals surface area contributed by atoms with Gasteiger partial charge in [-0.25, -0.2) is 0 Å². The number of aliphatic carboxylic acids is 1. The number of rotatable bonds is 6. The third-order valence-corrected chi connectivity index (χ3v) is 3.87. The van der Waals surface area contributed by atoms with Crippen molar-refractivity contribution in [2.75, 3.05) is 19.6 Å². The van der Waals surface area contributed by atoms with E-state index in [1.807, 2.05) is 20.8 Å². The Kier molecular flexibility index (Phi) is 5.14. The Bertz CT molecular complexity index is 319. The number of carboxylic acid groups (broad SMARTS) is 1. The van der Waals surface area contributed by atoms with Crippen molar-refractivity contribution >= 4 is 11.9 Å². The summed E-state index contributed by atoms with van der Waals surface area (Å²) in [5.74, 6) is -0.722. The lowest BCUT2D eigenvalue weighted by molar-refractivity contribution is -0.148. The van der Waals surface area contributed by atoms with E-state index in [2.05, 4.69) is 5.32 Å². The Hall–Kier alpha value is -1.10. The lowest BCUT2D eigenvalue weighted by atomic mass is 9.84. The van der Waals surface area contributed by atoms with Gasteiger partial charge >= 0.3 is 5.97 Å². The minimum absolute atomic E-state index is 0.0556. The molecular weight excluding hydrogens is 232 g/mol. The van der Waals surface area contributed by atoms with Crippen molar-refractivity contribution in [3.63, 3.8) is 0 Å². The molecule has 0 aromatic heterocycles. The molecule has 18 heavy (non-hydrogen) atoms. The Morgan fingerprint density at radius 1 is 1.44 bits per heavy atom. The highest BCUT2D eigenvalue weighted by Crippen LogP contribution is 2.34. The maximum absolute atomic E-state index is 12.0. The summed E-state index contributed by atoms with van der Waals surface area (Å²) in [4.78, 5) is 25.0. The van der Waals surface area contributed by atoms with E-state index in [1.165, 1.54) is 0 Å². The second-order valence-electron chi connectivity index (χ2n) is 5.17. The topological polar surface area (TPSA) is 69.6 Å². The predicted molar refractivity (Wildman–Crippen MR) is 69.3 cm³/mol. The molecule has 0 aromatic carbocycles. The number of carbonyl (C=O) groups excluding carboxylic acids is 1. The molecule has 0 aliphatic carbocycles. The Morgan fingerprint density at radius 2 is 2.11 bits per heavy atom. The van der Waals surface area contributed by atoms with Crippen LogP contribution in [0.2, 0.25) is 0 Å². The summed E-state index contributed by atoms with van der Waals surface area (Å²) in [6.07, 6.45) is 1.59. The van der Waals surface area contributed by atoms with Crippen molar-refractivity contribution < 1.29 is 14.7 Å². The van der Waals surface area contributed by atoms with E-state index in [-0.39, 0.29) is 11.9 Å². The van der Waals surface area contributed by atoms with Crippen molar-refractivity contribution in [3.05, 3.63) is 0 Å². The first-order chi connectivity index (χ1) is 8.45. The molecular formula is C13H24N2O3. The summed E-state index contributed by atoms with van der Waals surface area (Å²) in [5, 5.41) is 12.5. The van der Waals surface area contributed by atoms with Gasteiger partial charge in [-0.3, -0.25) is 9.59 Å². The molecule has 0 saturated carbocycles. The van der Waals surface area contributed by atoms with E-state index in [0.717, 1.165) is 6.54 Å². The van der Waals surface area contributed by atoms with Gasteiger partial charge in [0.1, 0.15) is 0 Å². The highest BCUT2D eigenvalue weighted by molar-refractivity contribution is 5.81. The number of amides is 1.